The summed E-state index contributed by atoms with van der Waals surface area (Å²) in [5, 5.41) is 18.1. The number of anilines is 1. The lowest BCUT2D eigenvalue weighted by atomic mass is 10.1. The van der Waals surface area contributed by atoms with Crippen LogP contribution in [0.3, 0.4) is 0 Å². The lowest BCUT2D eigenvalue weighted by Gasteiger charge is -2.23. The smallest absolute Gasteiger partial charge is 0.356 e. The first-order valence-corrected chi connectivity index (χ1v) is 11.8. The van der Waals surface area contributed by atoms with E-state index in [0.29, 0.717) is 23.4 Å². The van der Waals surface area contributed by atoms with Gasteiger partial charge in [-0.15, -0.1) is 0 Å². The largest absolute Gasteiger partial charge is 0.508 e. The Kier molecular flexibility index (Phi) is 6.94. The molecule has 0 radical (unpaired) electrons. The minimum absolute atomic E-state index is 0.109. The lowest BCUT2D eigenvalue weighted by molar-refractivity contribution is -0.126. The number of benzene rings is 2. The molecule has 1 atom stereocenters. The average Bonchev–Trinajstić information content (AvgIpc) is 3.10. The molecule has 2 aromatic carbocycles. The van der Waals surface area contributed by atoms with Crippen LogP contribution < -0.4 is 10.5 Å². The minimum Gasteiger partial charge on any atom is -0.508 e. The van der Waals surface area contributed by atoms with E-state index in [1.807, 2.05) is 37.3 Å². The van der Waals surface area contributed by atoms with Crippen LogP contribution in [0.4, 0.5) is 10.5 Å². The van der Waals surface area contributed by atoms with E-state index in [4.69, 9.17) is 4.42 Å². The highest BCUT2D eigenvalue weighted by molar-refractivity contribution is 8.15. The number of nitriles is 1. The minimum atomic E-state index is -0.745. The Morgan fingerprint density at radius 1 is 1.11 bits per heavy atom. The van der Waals surface area contributed by atoms with Gasteiger partial charge in [0.1, 0.15) is 17.6 Å². The van der Waals surface area contributed by atoms with Gasteiger partial charge in [0.15, 0.2) is 5.56 Å². The van der Waals surface area contributed by atoms with Gasteiger partial charge in [-0.05, 0) is 31.0 Å². The number of hydrogen-bond acceptors (Lipinski definition) is 8. The van der Waals surface area contributed by atoms with Gasteiger partial charge in [-0.2, -0.15) is 5.26 Å². The van der Waals surface area contributed by atoms with Crippen molar-refractivity contribution in [3.8, 4) is 23.1 Å². The highest BCUT2D eigenvalue weighted by atomic mass is 32.2. The molecule has 0 aliphatic carbocycles. The molecule has 1 fully saturated rings. The molecule has 8 nitrogen and oxygen atoms in total. The number of likely N-dealkylation sites (N-methyl/N-ethyl adjacent to an activating group) is 1. The first kappa shape index (κ1) is 24.1. The standard InChI is InChI=1S/C26H23N3O5S/c1-16-3-7-18(8-4-16)22-14-21(20(15-27)25(32)34-22)28(2)11-12-29-24(31)23(35-26(29)33)13-17-5-9-19(30)10-6-17/h3-10,14,23,30H,11-13H2,1-2H3. The van der Waals surface area contributed by atoms with Gasteiger partial charge in [0.05, 0.1) is 10.9 Å². The van der Waals surface area contributed by atoms with Crippen molar-refractivity contribution in [2.24, 2.45) is 0 Å². The number of phenolic OH excluding ortho intramolecular Hbond substituents is 1. The summed E-state index contributed by atoms with van der Waals surface area (Å²) in [4.78, 5) is 40.8. The molecule has 0 bridgehead atoms. The summed E-state index contributed by atoms with van der Waals surface area (Å²) in [5.74, 6) is 0.181. The zero-order chi connectivity index (χ0) is 25.1. The van der Waals surface area contributed by atoms with Crippen LogP contribution in [0, 0.1) is 18.3 Å². The third kappa shape index (κ3) is 5.23. The summed E-state index contributed by atoms with van der Waals surface area (Å²) in [6.45, 7) is 2.29. The molecule has 0 spiro atoms. The van der Waals surface area contributed by atoms with Crippen LogP contribution in [0.5, 0.6) is 5.75 Å². The predicted molar refractivity (Wildman–Crippen MR) is 133 cm³/mol. The zero-order valence-corrected chi connectivity index (χ0v) is 20.0. The predicted octanol–water partition coefficient (Wildman–Crippen LogP) is 3.94. The molecule has 4 rings (SSSR count). The first-order chi connectivity index (χ1) is 16.8. The van der Waals surface area contributed by atoms with E-state index >= 15 is 0 Å². The van der Waals surface area contributed by atoms with Crippen molar-refractivity contribution < 1.29 is 19.1 Å². The summed E-state index contributed by atoms with van der Waals surface area (Å²) in [6.07, 6.45) is 0.375. The normalized spacial score (nSPS) is 15.3. The van der Waals surface area contributed by atoms with Gasteiger partial charge < -0.3 is 14.4 Å². The van der Waals surface area contributed by atoms with E-state index in [1.54, 1.807) is 42.3 Å². The summed E-state index contributed by atoms with van der Waals surface area (Å²) < 4.78 is 5.36. The van der Waals surface area contributed by atoms with Crippen LogP contribution in [-0.2, 0) is 11.2 Å². The zero-order valence-electron chi connectivity index (χ0n) is 19.2. The topological polar surface area (TPSA) is 115 Å². The van der Waals surface area contributed by atoms with Crippen LogP contribution in [0.15, 0.2) is 63.8 Å². The third-order valence-corrected chi connectivity index (χ3v) is 6.89. The summed E-state index contributed by atoms with van der Waals surface area (Å²) in [7, 11) is 1.70. The molecule has 2 amide bonds. The number of rotatable bonds is 7. The molecule has 1 N–H and O–H groups in total. The number of aromatic hydroxyl groups is 1. The summed E-state index contributed by atoms with van der Waals surface area (Å²) >= 11 is 0.978. The van der Waals surface area contributed by atoms with E-state index in [0.717, 1.165) is 22.9 Å². The van der Waals surface area contributed by atoms with Crippen LogP contribution in [0.25, 0.3) is 11.3 Å². The Bertz CT molecular complexity index is 1360. The quantitative estimate of drug-likeness (QED) is 0.531. The van der Waals surface area contributed by atoms with Crippen molar-refractivity contribution >= 4 is 28.6 Å². The van der Waals surface area contributed by atoms with Gasteiger partial charge in [-0.25, -0.2) is 4.79 Å². The molecule has 1 aromatic heterocycles. The van der Waals surface area contributed by atoms with E-state index in [1.165, 1.54) is 4.90 Å². The molecule has 1 aliphatic heterocycles. The Balaban J connectivity index is 1.49. The van der Waals surface area contributed by atoms with Crippen LogP contribution >= 0.6 is 11.8 Å². The molecular weight excluding hydrogens is 466 g/mol. The van der Waals surface area contributed by atoms with Crippen molar-refractivity contribution in [2.75, 3.05) is 25.0 Å². The number of hydrogen-bond donors (Lipinski definition) is 1. The highest BCUT2D eigenvalue weighted by Crippen LogP contribution is 2.30. The number of aryl methyl sites for hydroxylation is 1. The Hall–Kier alpha value is -4.03. The molecule has 0 saturated carbocycles. The Morgan fingerprint density at radius 3 is 2.46 bits per heavy atom. The van der Waals surface area contributed by atoms with E-state index in [9.17, 15) is 24.8 Å². The first-order valence-electron chi connectivity index (χ1n) is 10.9. The second-order valence-electron chi connectivity index (χ2n) is 8.29. The molecule has 1 unspecified atom stereocenters. The number of amides is 2. The molecule has 2 heterocycles. The molecule has 1 saturated heterocycles. The lowest BCUT2D eigenvalue weighted by Crippen LogP contribution is -2.38. The van der Waals surface area contributed by atoms with Gasteiger partial charge in [0.2, 0.25) is 5.91 Å². The van der Waals surface area contributed by atoms with Crippen molar-refractivity contribution in [3.63, 3.8) is 0 Å². The Morgan fingerprint density at radius 2 is 1.80 bits per heavy atom. The van der Waals surface area contributed by atoms with E-state index < -0.39 is 10.9 Å². The van der Waals surface area contributed by atoms with Crippen LogP contribution in [-0.4, -0.2) is 46.5 Å². The van der Waals surface area contributed by atoms with Crippen molar-refractivity contribution in [1.29, 1.82) is 5.26 Å². The van der Waals surface area contributed by atoms with Crippen molar-refractivity contribution in [2.45, 2.75) is 18.6 Å². The fourth-order valence-electron chi connectivity index (χ4n) is 3.79. The molecule has 178 valence electrons. The fraction of sp³-hybridized carbons (Fsp3) is 0.231. The fourth-order valence-corrected chi connectivity index (χ4v) is 4.85. The maximum atomic E-state index is 12.9. The SMILES string of the molecule is Cc1ccc(-c2cc(N(C)CCN3C(=O)SC(Cc4ccc(O)cc4)C3=O)c(C#N)c(=O)o2)cc1. The van der Waals surface area contributed by atoms with Gasteiger partial charge in [-0.1, -0.05) is 53.7 Å². The van der Waals surface area contributed by atoms with Gasteiger partial charge in [0.25, 0.3) is 5.24 Å². The molecule has 35 heavy (non-hydrogen) atoms. The maximum Gasteiger partial charge on any atom is 0.356 e. The monoisotopic (exact) mass is 489 g/mol. The van der Waals surface area contributed by atoms with Gasteiger partial charge in [0, 0.05) is 31.8 Å². The second kappa shape index (κ2) is 10.1. The van der Waals surface area contributed by atoms with Gasteiger partial charge in [-0.3, -0.25) is 14.5 Å². The van der Waals surface area contributed by atoms with Crippen LogP contribution in [0.2, 0.25) is 0 Å². The maximum absolute atomic E-state index is 12.9. The Labute approximate surface area is 206 Å². The van der Waals surface area contributed by atoms with Crippen LogP contribution in [0.1, 0.15) is 16.7 Å². The summed E-state index contributed by atoms with van der Waals surface area (Å²) in [6, 6.07) is 17.5. The second-order valence-corrected chi connectivity index (χ2v) is 9.44. The number of phenols is 1. The molecule has 3 aromatic rings. The number of nitrogens with zero attached hydrogens (tertiary/aromatic N) is 3. The highest BCUT2D eigenvalue weighted by Gasteiger charge is 2.39. The van der Waals surface area contributed by atoms with Crippen molar-refractivity contribution in [3.05, 3.63) is 81.7 Å². The number of imide groups is 1. The third-order valence-electron chi connectivity index (χ3n) is 5.81. The summed E-state index contributed by atoms with van der Waals surface area (Å²) in [5.41, 5.74) is 2.09. The van der Waals surface area contributed by atoms with Crippen molar-refractivity contribution in [1.82, 2.24) is 4.90 Å². The number of carbonyl (C=O) groups excluding carboxylic acids is 2. The molecule has 9 heteroatoms. The van der Waals surface area contributed by atoms with E-state index in [-0.39, 0.29) is 35.5 Å². The average molecular weight is 490 g/mol. The number of thioether (sulfide) groups is 1. The number of carbonyl (C=O) groups is 2. The molecule has 1 aliphatic rings. The van der Waals surface area contributed by atoms with E-state index in [2.05, 4.69) is 0 Å². The van der Waals surface area contributed by atoms with Gasteiger partial charge >= 0.3 is 5.63 Å². The molecular formula is C26H23N3O5S.